The summed E-state index contributed by atoms with van der Waals surface area (Å²) in [5.41, 5.74) is 2.89. The number of nitro groups is 1. The number of aromatic amines is 1. The number of benzene rings is 1. The van der Waals surface area contributed by atoms with Crippen molar-refractivity contribution in [2.75, 3.05) is 0 Å². The summed E-state index contributed by atoms with van der Waals surface area (Å²) in [5, 5.41) is 21.0. The second kappa shape index (κ2) is 6.57. The van der Waals surface area contributed by atoms with E-state index in [9.17, 15) is 14.9 Å². The van der Waals surface area contributed by atoms with E-state index in [-0.39, 0.29) is 11.4 Å². The first-order valence-electron chi connectivity index (χ1n) is 6.81. The minimum Gasteiger partial charge on any atom is -0.455 e. The number of nitro benzene ring substituents is 1. The molecule has 24 heavy (non-hydrogen) atoms. The number of H-pyrrole nitrogens is 1. The average molecular weight is 325 g/mol. The lowest BCUT2D eigenvalue weighted by molar-refractivity contribution is -0.384. The van der Waals surface area contributed by atoms with Gasteiger partial charge in [0.25, 0.3) is 11.6 Å². The molecule has 1 aromatic carbocycles. The molecule has 0 saturated carbocycles. The Balaban J connectivity index is 1.73. The number of hydrogen-bond acceptors (Lipinski definition) is 6. The Labute approximate surface area is 135 Å². The van der Waals surface area contributed by atoms with Crippen molar-refractivity contribution in [1.82, 2.24) is 15.6 Å². The first-order valence-corrected chi connectivity index (χ1v) is 6.81. The maximum atomic E-state index is 11.6. The highest BCUT2D eigenvalue weighted by Crippen LogP contribution is 2.30. The van der Waals surface area contributed by atoms with Crippen LogP contribution in [0.2, 0.25) is 0 Å². The number of furan rings is 1. The standard InChI is InChI=1S/C15H11N5O4/c21-15(12-7-8-16-18-12)19-17-9-10-5-6-14(24-10)11-3-1-2-4-13(11)20(22)23/h1-9H,(H,16,18)(H,19,21)/b17-9-. The molecule has 3 aromatic rings. The normalized spacial score (nSPS) is 10.8. The molecule has 0 fully saturated rings. The van der Waals surface area contributed by atoms with Gasteiger partial charge in [-0.25, -0.2) is 5.43 Å². The summed E-state index contributed by atoms with van der Waals surface area (Å²) in [7, 11) is 0. The fraction of sp³-hybridized carbons (Fsp3) is 0. The van der Waals surface area contributed by atoms with Gasteiger partial charge in [0.1, 0.15) is 17.2 Å². The number of amides is 1. The van der Waals surface area contributed by atoms with Gasteiger partial charge in [-0.3, -0.25) is 20.0 Å². The monoisotopic (exact) mass is 325 g/mol. The number of carbonyl (C=O) groups is 1. The summed E-state index contributed by atoms with van der Waals surface area (Å²) in [6.07, 6.45) is 2.75. The highest BCUT2D eigenvalue weighted by atomic mass is 16.6. The van der Waals surface area contributed by atoms with E-state index < -0.39 is 10.8 Å². The van der Waals surface area contributed by atoms with E-state index in [1.54, 1.807) is 30.3 Å². The van der Waals surface area contributed by atoms with Crippen LogP contribution in [-0.4, -0.2) is 27.2 Å². The minimum absolute atomic E-state index is 0.0529. The van der Waals surface area contributed by atoms with Crippen LogP contribution in [0.5, 0.6) is 0 Å². The molecule has 0 spiro atoms. The summed E-state index contributed by atoms with van der Waals surface area (Å²) >= 11 is 0. The zero-order valence-electron chi connectivity index (χ0n) is 12.2. The molecule has 0 radical (unpaired) electrons. The molecule has 2 heterocycles. The zero-order chi connectivity index (χ0) is 16.9. The molecule has 0 aliphatic carbocycles. The number of nitrogens with zero attached hydrogens (tertiary/aromatic N) is 3. The molecular weight excluding hydrogens is 314 g/mol. The second-order valence-electron chi connectivity index (χ2n) is 4.65. The van der Waals surface area contributed by atoms with Gasteiger partial charge < -0.3 is 4.42 Å². The van der Waals surface area contributed by atoms with Crippen LogP contribution in [0.25, 0.3) is 11.3 Å². The van der Waals surface area contributed by atoms with E-state index >= 15 is 0 Å². The number of para-hydroxylation sites is 1. The van der Waals surface area contributed by atoms with Crippen molar-refractivity contribution in [2.45, 2.75) is 0 Å². The van der Waals surface area contributed by atoms with Crippen molar-refractivity contribution in [1.29, 1.82) is 0 Å². The quantitative estimate of drug-likeness (QED) is 0.423. The van der Waals surface area contributed by atoms with Crippen LogP contribution in [0.4, 0.5) is 5.69 Å². The molecule has 2 N–H and O–H groups in total. The van der Waals surface area contributed by atoms with E-state index in [0.29, 0.717) is 17.1 Å². The van der Waals surface area contributed by atoms with E-state index in [1.165, 1.54) is 24.5 Å². The van der Waals surface area contributed by atoms with E-state index in [2.05, 4.69) is 20.7 Å². The number of aromatic nitrogens is 2. The lowest BCUT2D eigenvalue weighted by atomic mass is 10.1. The fourth-order valence-electron chi connectivity index (χ4n) is 2.01. The minimum atomic E-state index is -0.476. The zero-order valence-corrected chi connectivity index (χ0v) is 12.2. The van der Waals surface area contributed by atoms with Gasteiger partial charge >= 0.3 is 0 Å². The Morgan fingerprint density at radius 3 is 2.88 bits per heavy atom. The Morgan fingerprint density at radius 1 is 1.29 bits per heavy atom. The third-order valence-corrected chi connectivity index (χ3v) is 3.10. The van der Waals surface area contributed by atoms with Crippen molar-refractivity contribution in [3.8, 4) is 11.3 Å². The summed E-state index contributed by atoms with van der Waals surface area (Å²) in [6.45, 7) is 0. The number of carbonyl (C=O) groups excluding carboxylic acids is 1. The molecule has 0 aliphatic rings. The molecule has 9 heteroatoms. The SMILES string of the molecule is O=C(N/N=C\c1ccc(-c2ccccc2[N+](=O)[O-])o1)c1ccn[nH]1. The smallest absolute Gasteiger partial charge is 0.289 e. The van der Waals surface area contributed by atoms with E-state index in [4.69, 9.17) is 4.42 Å². The molecule has 0 aliphatic heterocycles. The molecule has 0 atom stereocenters. The highest BCUT2D eigenvalue weighted by molar-refractivity contribution is 5.92. The summed E-state index contributed by atoms with van der Waals surface area (Å²) in [4.78, 5) is 22.2. The van der Waals surface area contributed by atoms with E-state index in [0.717, 1.165) is 0 Å². The number of hydrazone groups is 1. The van der Waals surface area contributed by atoms with Gasteiger partial charge in [-0.2, -0.15) is 10.2 Å². The van der Waals surface area contributed by atoms with Gasteiger partial charge in [0.2, 0.25) is 0 Å². The van der Waals surface area contributed by atoms with Crippen LogP contribution in [-0.2, 0) is 0 Å². The topological polar surface area (TPSA) is 126 Å². The van der Waals surface area contributed by atoms with Crippen molar-refractivity contribution in [2.24, 2.45) is 5.10 Å². The molecule has 2 aromatic heterocycles. The summed E-state index contributed by atoms with van der Waals surface area (Å²) in [6, 6.07) is 11.0. The predicted octanol–water partition coefficient (Wildman–Crippen LogP) is 2.34. The second-order valence-corrected chi connectivity index (χ2v) is 4.65. The van der Waals surface area contributed by atoms with Crippen molar-refractivity contribution >= 4 is 17.8 Å². The third kappa shape index (κ3) is 3.19. The van der Waals surface area contributed by atoms with Crippen LogP contribution in [0.3, 0.4) is 0 Å². The average Bonchev–Trinajstić information content (AvgIpc) is 3.26. The molecule has 9 nitrogen and oxygen atoms in total. The van der Waals surface area contributed by atoms with Crippen LogP contribution in [0.15, 0.2) is 58.2 Å². The number of hydrogen-bond donors (Lipinski definition) is 2. The Kier molecular flexibility index (Phi) is 4.15. The van der Waals surface area contributed by atoms with Crippen LogP contribution >= 0.6 is 0 Å². The summed E-state index contributed by atoms with van der Waals surface area (Å²) in [5.74, 6) is 0.228. The lowest BCUT2D eigenvalue weighted by Crippen LogP contribution is -2.17. The van der Waals surface area contributed by atoms with Crippen LogP contribution in [0, 0.1) is 10.1 Å². The molecular formula is C15H11N5O4. The first-order chi connectivity index (χ1) is 11.6. The van der Waals surface area contributed by atoms with Gasteiger partial charge in [0.15, 0.2) is 0 Å². The number of nitrogens with one attached hydrogen (secondary N) is 2. The Morgan fingerprint density at radius 2 is 2.12 bits per heavy atom. The van der Waals surface area contributed by atoms with Crippen LogP contribution < -0.4 is 5.43 Å². The van der Waals surface area contributed by atoms with Crippen LogP contribution in [0.1, 0.15) is 16.2 Å². The highest BCUT2D eigenvalue weighted by Gasteiger charge is 2.16. The number of rotatable bonds is 5. The summed E-state index contributed by atoms with van der Waals surface area (Å²) < 4.78 is 5.51. The fourth-order valence-corrected chi connectivity index (χ4v) is 2.01. The maximum Gasteiger partial charge on any atom is 0.289 e. The molecule has 120 valence electrons. The largest absolute Gasteiger partial charge is 0.455 e. The molecule has 3 rings (SSSR count). The molecule has 0 bridgehead atoms. The van der Waals surface area contributed by atoms with Gasteiger partial charge in [-0.1, -0.05) is 12.1 Å². The first kappa shape index (κ1) is 15.2. The van der Waals surface area contributed by atoms with Gasteiger partial charge in [0.05, 0.1) is 16.7 Å². The van der Waals surface area contributed by atoms with Gasteiger partial charge in [0, 0.05) is 12.3 Å². The predicted molar refractivity (Wildman–Crippen MR) is 84.4 cm³/mol. The van der Waals surface area contributed by atoms with Crippen molar-refractivity contribution in [3.05, 3.63) is 70.2 Å². The molecule has 0 unspecified atom stereocenters. The third-order valence-electron chi connectivity index (χ3n) is 3.10. The van der Waals surface area contributed by atoms with Crippen molar-refractivity contribution in [3.63, 3.8) is 0 Å². The van der Waals surface area contributed by atoms with E-state index in [1.807, 2.05) is 0 Å². The van der Waals surface area contributed by atoms with Crippen molar-refractivity contribution < 1.29 is 14.1 Å². The lowest BCUT2D eigenvalue weighted by Gasteiger charge is -1.98. The molecule has 0 saturated heterocycles. The van der Waals surface area contributed by atoms with Gasteiger partial charge in [-0.05, 0) is 24.3 Å². The Hall–Kier alpha value is -3.75. The Bertz CT molecular complexity index is 898. The van der Waals surface area contributed by atoms with Gasteiger partial charge in [-0.15, -0.1) is 0 Å². The maximum absolute atomic E-state index is 11.6. The molecule has 1 amide bonds.